The van der Waals surface area contributed by atoms with Crippen molar-refractivity contribution in [1.29, 1.82) is 0 Å². The summed E-state index contributed by atoms with van der Waals surface area (Å²) in [6.07, 6.45) is 3.48. The van der Waals surface area contributed by atoms with Gasteiger partial charge in [0.05, 0.1) is 0 Å². The molecule has 2 saturated heterocycles. The van der Waals surface area contributed by atoms with E-state index in [1.807, 2.05) is 32.9 Å². The number of carbonyl (C=O) groups is 1. The van der Waals surface area contributed by atoms with E-state index in [9.17, 15) is 14.5 Å². The number of carboxylic acid groups (broad SMARTS) is 1. The number of rotatable bonds is 1. The van der Waals surface area contributed by atoms with Gasteiger partial charge in [-0.3, -0.25) is 0 Å². The third-order valence-corrected chi connectivity index (χ3v) is 7.49. The van der Waals surface area contributed by atoms with Gasteiger partial charge in [-0.05, 0) is 58.4 Å². The molecule has 1 spiro atoms. The van der Waals surface area contributed by atoms with Crippen molar-refractivity contribution in [3.8, 4) is 0 Å². The fourth-order valence-electron chi connectivity index (χ4n) is 5.00. The van der Waals surface area contributed by atoms with Crippen LogP contribution >= 0.6 is 0 Å². The molecule has 1 aliphatic carbocycles. The van der Waals surface area contributed by atoms with Crippen LogP contribution in [-0.4, -0.2) is 43.2 Å². The van der Waals surface area contributed by atoms with Gasteiger partial charge >= 0.3 is 6.09 Å². The maximum atomic E-state index is 12.8. The van der Waals surface area contributed by atoms with Crippen molar-refractivity contribution in [2.45, 2.75) is 69.7 Å². The lowest BCUT2D eigenvalue weighted by Crippen LogP contribution is -2.52. The Morgan fingerprint density at radius 1 is 1.27 bits per heavy atom. The van der Waals surface area contributed by atoms with Crippen molar-refractivity contribution in [2.75, 3.05) is 0 Å². The summed E-state index contributed by atoms with van der Waals surface area (Å²) < 4.78 is 17.2. The van der Waals surface area contributed by atoms with E-state index in [4.69, 9.17) is 4.40 Å². The Hall–Kier alpha value is -1.53. The van der Waals surface area contributed by atoms with E-state index < -0.39 is 22.2 Å². The van der Waals surface area contributed by atoms with Crippen LogP contribution in [0.1, 0.15) is 57.6 Å². The van der Waals surface area contributed by atoms with Crippen LogP contribution in [0.15, 0.2) is 28.7 Å². The minimum Gasteiger partial charge on any atom is -0.591 e. The zero-order chi connectivity index (χ0) is 18.7. The molecule has 0 saturated carbocycles. The number of hydrogen-bond donors (Lipinski definition) is 1. The average molecular weight is 375 g/mol. The van der Waals surface area contributed by atoms with Crippen LogP contribution in [0, 0.1) is 5.41 Å². The van der Waals surface area contributed by atoms with Crippen LogP contribution in [0.5, 0.6) is 0 Å². The molecular formula is C20H26N2O3S. The monoisotopic (exact) mass is 374 g/mol. The average Bonchev–Trinajstić information content (AvgIpc) is 3.00. The molecule has 2 aliphatic heterocycles. The van der Waals surface area contributed by atoms with E-state index in [0.717, 1.165) is 43.4 Å². The molecule has 5 nitrogen and oxygen atoms in total. The Morgan fingerprint density at radius 3 is 2.46 bits per heavy atom. The van der Waals surface area contributed by atoms with Gasteiger partial charge in [0.25, 0.3) is 0 Å². The number of nitrogens with zero attached hydrogens (tertiary/aromatic N) is 2. The summed E-state index contributed by atoms with van der Waals surface area (Å²) in [5.74, 6) is 0. The Bertz CT molecular complexity index is 757. The Balaban J connectivity index is 1.77. The van der Waals surface area contributed by atoms with E-state index >= 15 is 0 Å². The molecule has 3 atom stereocenters. The highest BCUT2D eigenvalue weighted by Crippen LogP contribution is 2.53. The quantitative estimate of drug-likeness (QED) is 0.760. The van der Waals surface area contributed by atoms with Crippen LogP contribution in [0.3, 0.4) is 0 Å². The Labute approximate surface area is 157 Å². The lowest BCUT2D eigenvalue weighted by atomic mass is 9.71. The molecule has 0 radical (unpaired) electrons. The Morgan fingerprint density at radius 2 is 1.88 bits per heavy atom. The SMILES string of the molecule is CC(C)(C)[S+]([O-])N=C1c2ccccc2CC12C[C@H]1CC[C@H](C2)N1C(=O)O. The van der Waals surface area contributed by atoms with E-state index in [1.54, 1.807) is 4.90 Å². The summed E-state index contributed by atoms with van der Waals surface area (Å²) in [5.41, 5.74) is 3.12. The van der Waals surface area contributed by atoms with Crippen molar-refractivity contribution in [3.05, 3.63) is 35.4 Å². The number of fused-ring (bicyclic) bond motifs is 3. The van der Waals surface area contributed by atoms with Gasteiger partial charge in [0.2, 0.25) is 0 Å². The zero-order valence-corrected chi connectivity index (χ0v) is 16.4. The zero-order valence-electron chi connectivity index (χ0n) is 15.6. The molecular weight excluding hydrogens is 348 g/mol. The summed E-state index contributed by atoms with van der Waals surface area (Å²) >= 11 is -1.32. The first-order valence-electron chi connectivity index (χ1n) is 9.32. The van der Waals surface area contributed by atoms with Crippen molar-refractivity contribution >= 4 is 23.2 Å². The van der Waals surface area contributed by atoms with Gasteiger partial charge in [-0.15, -0.1) is 0 Å². The first-order valence-corrected chi connectivity index (χ1v) is 10.4. The smallest absolute Gasteiger partial charge is 0.407 e. The van der Waals surface area contributed by atoms with E-state index in [-0.39, 0.29) is 17.5 Å². The van der Waals surface area contributed by atoms with Crippen LogP contribution in [0.25, 0.3) is 0 Å². The summed E-state index contributed by atoms with van der Waals surface area (Å²) in [4.78, 5) is 13.3. The molecule has 1 amide bonds. The van der Waals surface area contributed by atoms with Gasteiger partial charge in [0.1, 0.15) is 21.8 Å². The largest absolute Gasteiger partial charge is 0.591 e. The van der Waals surface area contributed by atoms with Gasteiger partial charge in [-0.25, -0.2) is 4.79 Å². The van der Waals surface area contributed by atoms with Crippen molar-refractivity contribution in [2.24, 2.45) is 9.81 Å². The van der Waals surface area contributed by atoms with Gasteiger partial charge < -0.3 is 14.6 Å². The van der Waals surface area contributed by atoms with Crippen molar-refractivity contribution in [1.82, 2.24) is 4.90 Å². The molecule has 140 valence electrons. The van der Waals surface area contributed by atoms with Gasteiger partial charge in [0, 0.05) is 23.1 Å². The lowest BCUT2D eigenvalue weighted by Gasteiger charge is -2.43. The normalized spacial score (nSPS) is 32.9. The predicted octanol–water partition coefficient (Wildman–Crippen LogP) is 3.79. The van der Waals surface area contributed by atoms with Crippen molar-refractivity contribution in [3.63, 3.8) is 0 Å². The minimum atomic E-state index is -1.32. The van der Waals surface area contributed by atoms with Crippen LogP contribution in [-0.2, 0) is 17.8 Å². The van der Waals surface area contributed by atoms with Crippen LogP contribution in [0.2, 0.25) is 0 Å². The van der Waals surface area contributed by atoms with Gasteiger partial charge in [0.15, 0.2) is 0 Å². The second-order valence-corrected chi connectivity index (χ2v) is 10.8. The first-order chi connectivity index (χ1) is 12.2. The fraction of sp³-hybridized carbons (Fsp3) is 0.600. The van der Waals surface area contributed by atoms with Crippen LogP contribution < -0.4 is 0 Å². The van der Waals surface area contributed by atoms with Gasteiger partial charge in [-0.1, -0.05) is 28.7 Å². The lowest BCUT2D eigenvalue weighted by molar-refractivity contribution is 0.0715. The van der Waals surface area contributed by atoms with E-state index in [1.165, 1.54) is 5.56 Å². The molecule has 1 aromatic carbocycles. The third kappa shape index (κ3) is 2.74. The molecule has 2 fully saturated rings. The fourth-order valence-corrected chi connectivity index (χ4v) is 5.73. The molecule has 4 rings (SSSR count). The molecule has 0 aromatic heterocycles. The summed E-state index contributed by atoms with van der Waals surface area (Å²) in [7, 11) is 0. The summed E-state index contributed by atoms with van der Waals surface area (Å²) in [5, 5.41) is 9.59. The Kier molecular flexibility index (Phi) is 4.12. The topological polar surface area (TPSA) is 76.0 Å². The number of amides is 1. The standard InChI is InChI=1S/C20H26N2O3S/c1-19(2,3)26(25)21-17-16-7-5-4-6-13(16)10-20(17)11-14-8-9-15(12-20)22(14)18(23)24/h4-7,14-15H,8-12H2,1-3H3,(H,23,24)/t14-,15-,26?/m1/s1. The summed E-state index contributed by atoms with van der Waals surface area (Å²) in [6.45, 7) is 5.83. The minimum absolute atomic E-state index is 0.0498. The highest BCUT2D eigenvalue weighted by molar-refractivity contribution is 7.91. The molecule has 26 heavy (non-hydrogen) atoms. The summed E-state index contributed by atoms with van der Waals surface area (Å²) in [6, 6.07) is 8.35. The number of hydrogen-bond acceptors (Lipinski definition) is 3. The molecule has 3 aliphatic rings. The maximum Gasteiger partial charge on any atom is 0.407 e. The predicted molar refractivity (Wildman–Crippen MR) is 103 cm³/mol. The second kappa shape index (κ2) is 5.99. The molecule has 1 N–H and O–H groups in total. The van der Waals surface area contributed by atoms with Crippen LogP contribution in [0.4, 0.5) is 4.79 Å². The molecule has 6 heteroatoms. The maximum absolute atomic E-state index is 12.8. The molecule has 1 aromatic rings. The molecule has 2 heterocycles. The number of benzene rings is 1. The second-order valence-electron chi connectivity index (χ2n) is 8.90. The highest BCUT2D eigenvalue weighted by Gasteiger charge is 2.56. The van der Waals surface area contributed by atoms with E-state index in [2.05, 4.69) is 12.1 Å². The van der Waals surface area contributed by atoms with E-state index in [0.29, 0.717) is 0 Å². The molecule has 2 bridgehead atoms. The molecule has 1 unspecified atom stereocenters. The highest BCUT2D eigenvalue weighted by atomic mass is 32.2. The van der Waals surface area contributed by atoms with Gasteiger partial charge in [-0.2, -0.15) is 0 Å². The third-order valence-electron chi connectivity index (χ3n) is 6.10. The number of piperidine rings is 1. The first kappa shape index (κ1) is 17.9. The van der Waals surface area contributed by atoms with Crippen molar-refractivity contribution < 1.29 is 14.5 Å².